The lowest BCUT2D eigenvalue weighted by Gasteiger charge is -2.15. The second kappa shape index (κ2) is 6.77. The van der Waals surface area contributed by atoms with Crippen LogP contribution < -0.4 is 0 Å². The summed E-state index contributed by atoms with van der Waals surface area (Å²) in [5.41, 5.74) is 1.63. The Hall–Kier alpha value is -3.47. The van der Waals surface area contributed by atoms with Gasteiger partial charge in [-0.15, -0.1) is 5.10 Å². The fraction of sp³-hybridized carbons (Fsp3) is 0.300. The van der Waals surface area contributed by atoms with Crippen molar-refractivity contribution in [2.75, 3.05) is 13.1 Å². The number of rotatable bonds is 2. The van der Waals surface area contributed by atoms with Crippen LogP contribution in [0.3, 0.4) is 0 Å². The fourth-order valence-corrected chi connectivity index (χ4v) is 4.00. The summed E-state index contributed by atoms with van der Waals surface area (Å²) in [5.74, 6) is -0.195. The zero-order valence-electron chi connectivity index (χ0n) is 16.3. The van der Waals surface area contributed by atoms with E-state index in [4.69, 9.17) is 0 Å². The minimum absolute atomic E-state index is 0.195. The van der Waals surface area contributed by atoms with Gasteiger partial charge in [-0.05, 0) is 36.8 Å². The van der Waals surface area contributed by atoms with Crippen LogP contribution in [0.15, 0.2) is 36.5 Å². The molecule has 31 heavy (non-hydrogen) atoms. The van der Waals surface area contributed by atoms with E-state index in [0.29, 0.717) is 46.3 Å². The van der Waals surface area contributed by atoms with Gasteiger partial charge in [0.1, 0.15) is 11.2 Å². The number of likely N-dealkylation sites (tertiary alicyclic amines) is 1. The number of pyridine rings is 1. The summed E-state index contributed by atoms with van der Waals surface area (Å²) in [4.78, 5) is 18.0. The Labute approximate surface area is 173 Å². The molecule has 0 spiro atoms. The molecule has 1 aromatic carbocycles. The Morgan fingerprint density at radius 2 is 2.03 bits per heavy atom. The van der Waals surface area contributed by atoms with Crippen LogP contribution in [0.25, 0.3) is 27.8 Å². The van der Waals surface area contributed by atoms with Crippen LogP contribution in [0.2, 0.25) is 0 Å². The Kier molecular flexibility index (Phi) is 4.26. The number of aryl methyl sites for hydroxylation is 1. The number of benzene rings is 1. The summed E-state index contributed by atoms with van der Waals surface area (Å²) in [7, 11) is 1.68. The molecule has 1 amide bonds. The summed E-state index contributed by atoms with van der Waals surface area (Å²) >= 11 is 0. The Bertz CT molecular complexity index is 1310. The highest BCUT2D eigenvalue weighted by Gasteiger charge is 2.32. The molecule has 1 unspecified atom stereocenters. The van der Waals surface area contributed by atoms with Gasteiger partial charge in [0.15, 0.2) is 5.65 Å². The number of alkyl halides is 3. The summed E-state index contributed by atoms with van der Waals surface area (Å²) < 4.78 is 42.0. The zero-order valence-corrected chi connectivity index (χ0v) is 16.3. The maximum Gasteiger partial charge on any atom is 0.433 e. The molecule has 0 bridgehead atoms. The predicted molar refractivity (Wildman–Crippen MR) is 105 cm³/mol. The zero-order chi connectivity index (χ0) is 21.9. The molecule has 1 fully saturated rings. The van der Waals surface area contributed by atoms with E-state index >= 15 is 0 Å². The molecular weight excluding hydrogens is 413 g/mol. The molecule has 160 valence electrons. The highest BCUT2D eigenvalue weighted by atomic mass is 19.4. The molecule has 5 rings (SSSR count). The van der Waals surface area contributed by atoms with Crippen molar-refractivity contribution in [2.24, 2.45) is 7.05 Å². The van der Waals surface area contributed by atoms with Gasteiger partial charge in [-0.1, -0.05) is 5.21 Å². The van der Waals surface area contributed by atoms with Crippen LogP contribution in [-0.4, -0.2) is 59.7 Å². The Balaban J connectivity index is 1.65. The molecule has 8 nitrogen and oxygen atoms in total. The fourth-order valence-electron chi connectivity index (χ4n) is 4.00. The van der Waals surface area contributed by atoms with Crippen LogP contribution in [-0.2, 0) is 13.2 Å². The molecule has 0 saturated carbocycles. The topological polar surface area (TPSA) is 89.1 Å². The average molecular weight is 430 g/mol. The number of hydrogen-bond donors (Lipinski definition) is 1. The first-order chi connectivity index (χ1) is 14.7. The van der Waals surface area contributed by atoms with Gasteiger partial charge in [0.2, 0.25) is 0 Å². The lowest BCUT2D eigenvalue weighted by molar-refractivity contribution is -0.141. The minimum atomic E-state index is -4.53. The first kappa shape index (κ1) is 19.5. The molecule has 4 aromatic rings. The molecule has 4 heterocycles. The van der Waals surface area contributed by atoms with E-state index in [1.54, 1.807) is 34.7 Å². The number of nitrogens with zero attached hydrogens (tertiary/aromatic N) is 6. The number of hydrogen-bond acceptors (Lipinski definition) is 5. The monoisotopic (exact) mass is 430 g/mol. The number of carbonyl (C=O) groups excluding carboxylic acids is 1. The smallest absolute Gasteiger partial charge is 0.391 e. The molecule has 1 atom stereocenters. The van der Waals surface area contributed by atoms with Crippen molar-refractivity contribution in [2.45, 2.75) is 18.7 Å². The van der Waals surface area contributed by atoms with E-state index in [1.807, 2.05) is 0 Å². The molecule has 1 N–H and O–H groups in total. The van der Waals surface area contributed by atoms with Crippen molar-refractivity contribution in [1.29, 1.82) is 0 Å². The van der Waals surface area contributed by atoms with E-state index in [-0.39, 0.29) is 12.5 Å². The highest BCUT2D eigenvalue weighted by molar-refractivity contribution is 6.09. The van der Waals surface area contributed by atoms with Gasteiger partial charge >= 0.3 is 6.18 Å². The SMILES string of the molecule is Cn1nnc2c3cc(C(=O)N4CCC(O)C4)ccc3n(-c3ccc(C(F)(F)F)nc3)c21. The van der Waals surface area contributed by atoms with Crippen molar-refractivity contribution >= 4 is 28.0 Å². The number of carbonyl (C=O) groups is 1. The van der Waals surface area contributed by atoms with Gasteiger partial charge in [-0.2, -0.15) is 13.2 Å². The molecule has 1 aliphatic rings. The van der Waals surface area contributed by atoms with Crippen LogP contribution in [0.5, 0.6) is 0 Å². The normalized spacial score (nSPS) is 17.2. The first-order valence-corrected chi connectivity index (χ1v) is 9.59. The van der Waals surface area contributed by atoms with Gasteiger partial charge in [-0.25, -0.2) is 9.67 Å². The van der Waals surface area contributed by atoms with Gasteiger partial charge in [0.25, 0.3) is 5.91 Å². The number of aliphatic hydroxyl groups is 1. The summed E-state index contributed by atoms with van der Waals surface area (Å²) in [6.45, 7) is 0.770. The van der Waals surface area contributed by atoms with Crippen LogP contribution in [0.1, 0.15) is 22.5 Å². The standard InChI is InChI=1S/C20H17F3N6O2/c1-27-18-17(25-26-27)14-8-11(19(31)28-7-6-13(30)10-28)2-4-15(14)29(18)12-3-5-16(24-9-12)20(21,22)23/h2-5,8-9,13,30H,6-7,10H2,1H3. The first-order valence-electron chi connectivity index (χ1n) is 9.59. The number of amides is 1. The van der Waals surface area contributed by atoms with Gasteiger partial charge in [0, 0.05) is 31.1 Å². The Morgan fingerprint density at radius 3 is 2.68 bits per heavy atom. The number of β-amino-alcohol motifs (C(OH)–C–C–N with tert-alkyl or cyclic N) is 1. The molecule has 11 heteroatoms. The van der Waals surface area contributed by atoms with Gasteiger partial charge in [0.05, 0.1) is 23.5 Å². The largest absolute Gasteiger partial charge is 0.433 e. The van der Waals surface area contributed by atoms with Crippen LogP contribution in [0.4, 0.5) is 13.2 Å². The maximum absolute atomic E-state index is 12.9. The molecule has 1 aliphatic heterocycles. The van der Waals surface area contributed by atoms with Crippen molar-refractivity contribution in [3.8, 4) is 5.69 Å². The average Bonchev–Trinajstić information content (AvgIpc) is 3.42. The Morgan fingerprint density at radius 1 is 1.23 bits per heavy atom. The van der Waals surface area contributed by atoms with Crippen LogP contribution >= 0.6 is 0 Å². The van der Waals surface area contributed by atoms with E-state index < -0.39 is 18.0 Å². The van der Waals surface area contributed by atoms with Crippen molar-refractivity contribution in [3.63, 3.8) is 0 Å². The number of fused-ring (bicyclic) bond motifs is 3. The number of halogens is 3. The molecule has 0 aliphatic carbocycles. The van der Waals surface area contributed by atoms with Gasteiger partial charge in [-0.3, -0.25) is 9.36 Å². The third kappa shape index (κ3) is 3.12. The van der Waals surface area contributed by atoms with Gasteiger partial charge < -0.3 is 10.0 Å². The van der Waals surface area contributed by atoms with Crippen molar-refractivity contribution in [1.82, 2.24) is 29.4 Å². The molecular formula is C20H17F3N6O2. The van der Waals surface area contributed by atoms with E-state index in [2.05, 4.69) is 15.3 Å². The highest BCUT2D eigenvalue weighted by Crippen LogP contribution is 2.33. The second-order valence-electron chi connectivity index (χ2n) is 7.55. The van der Waals surface area contributed by atoms with Crippen LogP contribution in [0, 0.1) is 0 Å². The van der Waals surface area contributed by atoms with E-state index in [9.17, 15) is 23.1 Å². The molecule has 3 aromatic heterocycles. The minimum Gasteiger partial charge on any atom is -0.391 e. The third-order valence-corrected chi connectivity index (χ3v) is 5.50. The van der Waals surface area contributed by atoms with E-state index in [1.165, 1.54) is 10.7 Å². The summed E-state index contributed by atoms with van der Waals surface area (Å²) in [6.07, 6.45) is -3.36. The van der Waals surface area contributed by atoms with Crippen molar-refractivity contribution in [3.05, 3.63) is 47.8 Å². The maximum atomic E-state index is 12.9. The molecule has 0 radical (unpaired) electrons. The summed E-state index contributed by atoms with van der Waals surface area (Å²) in [5, 5.41) is 18.6. The van der Waals surface area contributed by atoms with Crippen molar-refractivity contribution < 1.29 is 23.1 Å². The predicted octanol–water partition coefficient (Wildman–Crippen LogP) is 2.53. The number of aromatic nitrogens is 5. The molecule has 1 saturated heterocycles. The lowest BCUT2D eigenvalue weighted by atomic mass is 10.1. The summed E-state index contributed by atoms with van der Waals surface area (Å²) in [6, 6.07) is 7.36. The number of aliphatic hydroxyl groups excluding tert-OH is 1. The van der Waals surface area contributed by atoms with E-state index in [0.717, 1.165) is 12.3 Å². The lowest BCUT2D eigenvalue weighted by Crippen LogP contribution is -2.29. The second-order valence-corrected chi connectivity index (χ2v) is 7.55. The third-order valence-electron chi connectivity index (χ3n) is 5.50. The quantitative estimate of drug-likeness (QED) is 0.528.